The van der Waals surface area contributed by atoms with Crippen LogP contribution in [-0.4, -0.2) is 24.7 Å². The number of quaternary nitrogens is 1. The van der Waals surface area contributed by atoms with Crippen LogP contribution in [0.3, 0.4) is 0 Å². The summed E-state index contributed by atoms with van der Waals surface area (Å²) in [6, 6.07) is 7.60. The highest BCUT2D eigenvalue weighted by Gasteiger charge is 2.55. The maximum absolute atomic E-state index is 9.50. The van der Waals surface area contributed by atoms with Crippen molar-refractivity contribution >= 4 is 0 Å². The Labute approximate surface area is 121 Å². The Bertz CT molecular complexity index is 526. The standard InChI is InChI=1S/C18H25NO/c1-19-9-8-18-7-3-2-4-15(18)17(19)11-14-6-5-13(12-20)10-16(14)18/h5-6,10,15,17,20H,2-4,7-9,11-12H2,1H3/p+1/t15-,17+,18+/m0/s1. The molecule has 1 unspecified atom stereocenters. The number of hydrogen-bond acceptors (Lipinski definition) is 1. The highest BCUT2D eigenvalue weighted by Crippen LogP contribution is 2.52. The number of aliphatic hydroxyl groups excluding tert-OH is 1. The number of aliphatic hydroxyl groups is 1. The molecule has 2 bridgehead atoms. The van der Waals surface area contributed by atoms with Crippen LogP contribution >= 0.6 is 0 Å². The summed E-state index contributed by atoms with van der Waals surface area (Å²) in [5.74, 6) is 0.881. The van der Waals surface area contributed by atoms with Gasteiger partial charge < -0.3 is 10.0 Å². The lowest BCUT2D eigenvalue weighted by Crippen LogP contribution is -3.16. The Morgan fingerprint density at radius 3 is 3.05 bits per heavy atom. The van der Waals surface area contributed by atoms with Gasteiger partial charge in [-0.1, -0.05) is 31.0 Å². The number of piperidine rings is 1. The van der Waals surface area contributed by atoms with Gasteiger partial charge in [-0.25, -0.2) is 0 Å². The van der Waals surface area contributed by atoms with Gasteiger partial charge in [-0.3, -0.25) is 0 Å². The second-order valence-electron chi connectivity index (χ2n) is 7.31. The molecule has 2 fully saturated rings. The zero-order valence-corrected chi connectivity index (χ0v) is 12.5. The van der Waals surface area contributed by atoms with Gasteiger partial charge in [0.05, 0.1) is 26.2 Å². The minimum atomic E-state index is 0.183. The lowest BCUT2D eigenvalue weighted by Gasteiger charge is -2.56. The molecule has 20 heavy (non-hydrogen) atoms. The topological polar surface area (TPSA) is 24.7 Å². The molecule has 1 saturated carbocycles. The summed E-state index contributed by atoms with van der Waals surface area (Å²) < 4.78 is 0. The molecule has 4 rings (SSSR count). The van der Waals surface area contributed by atoms with Gasteiger partial charge in [0, 0.05) is 24.2 Å². The maximum atomic E-state index is 9.50. The molecule has 1 heterocycles. The van der Waals surface area contributed by atoms with Crippen LogP contribution in [0.15, 0.2) is 18.2 Å². The first kappa shape index (κ1) is 12.8. The molecular weight excluding hydrogens is 246 g/mol. The molecule has 0 aromatic heterocycles. The van der Waals surface area contributed by atoms with Crippen molar-refractivity contribution in [1.82, 2.24) is 0 Å². The number of rotatable bonds is 1. The predicted octanol–water partition coefficient (Wildman–Crippen LogP) is 1.45. The zero-order chi connectivity index (χ0) is 13.7. The smallest absolute Gasteiger partial charge is 0.0950 e. The largest absolute Gasteiger partial charge is 0.392 e. The molecule has 2 N–H and O–H groups in total. The van der Waals surface area contributed by atoms with Crippen LogP contribution in [0.4, 0.5) is 0 Å². The quantitative estimate of drug-likeness (QED) is 0.795. The number of fused-ring (bicyclic) bond motifs is 1. The van der Waals surface area contributed by atoms with E-state index in [1.807, 2.05) is 0 Å². The Morgan fingerprint density at radius 1 is 1.30 bits per heavy atom. The number of benzene rings is 1. The van der Waals surface area contributed by atoms with Crippen molar-refractivity contribution < 1.29 is 10.0 Å². The van der Waals surface area contributed by atoms with Crippen LogP contribution < -0.4 is 4.90 Å². The van der Waals surface area contributed by atoms with E-state index < -0.39 is 0 Å². The molecule has 1 saturated heterocycles. The fourth-order valence-corrected chi connectivity index (χ4v) is 5.50. The van der Waals surface area contributed by atoms with Gasteiger partial charge in [0.15, 0.2) is 0 Å². The summed E-state index contributed by atoms with van der Waals surface area (Å²) in [6.45, 7) is 1.51. The number of likely N-dealkylation sites (tertiary alicyclic amines) is 1. The van der Waals surface area contributed by atoms with E-state index in [-0.39, 0.29) is 6.61 Å². The van der Waals surface area contributed by atoms with Gasteiger partial charge in [0.1, 0.15) is 0 Å². The van der Waals surface area contributed by atoms with E-state index in [0.717, 1.165) is 17.5 Å². The minimum absolute atomic E-state index is 0.183. The van der Waals surface area contributed by atoms with E-state index in [1.54, 1.807) is 16.0 Å². The lowest BCUT2D eigenvalue weighted by atomic mass is 9.52. The highest BCUT2D eigenvalue weighted by molar-refractivity contribution is 5.42. The third-order valence-electron chi connectivity index (χ3n) is 6.52. The normalized spacial score (nSPS) is 39.0. The monoisotopic (exact) mass is 272 g/mol. The molecule has 1 aliphatic heterocycles. The molecular formula is C18H26NO+. The first-order chi connectivity index (χ1) is 9.74. The van der Waals surface area contributed by atoms with Crippen LogP contribution in [0.25, 0.3) is 0 Å². The van der Waals surface area contributed by atoms with Gasteiger partial charge in [-0.05, 0) is 29.5 Å². The van der Waals surface area contributed by atoms with Crippen LogP contribution in [-0.2, 0) is 18.4 Å². The molecule has 0 spiro atoms. The van der Waals surface area contributed by atoms with Gasteiger partial charge in [-0.15, -0.1) is 0 Å². The molecule has 1 aromatic rings. The van der Waals surface area contributed by atoms with Crippen molar-refractivity contribution in [1.29, 1.82) is 0 Å². The fourth-order valence-electron chi connectivity index (χ4n) is 5.50. The molecule has 3 aliphatic rings. The van der Waals surface area contributed by atoms with Crippen LogP contribution in [0.2, 0.25) is 0 Å². The molecule has 1 aromatic carbocycles. The van der Waals surface area contributed by atoms with Crippen molar-refractivity contribution in [2.24, 2.45) is 5.92 Å². The molecule has 2 heteroatoms. The third kappa shape index (κ3) is 1.64. The molecule has 2 aliphatic carbocycles. The van der Waals surface area contributed by atoms with E-state index in [0.29, 0.717) is 5.41 Å². The minimum Gasteiger partial charge on any atom is -0.392 e. The molecule has 4 atom stereocenters. The van der Waals surface area contributed by atoms with E-state index in [1.165, 1.54) is 45.1 Å². The summed E-state index contributed by atoms with van der Waals surface area (Å²) in [5, 5.41) is 9.50. The van der Waals surface area contributed by atoms with E-state index >= 15 is 0 Å². The summed E-state index contributed by atoms with van der Waals surface area (Å²) in [4.78, 5) is 1.75. The van der Waals surface area contributed by atoms with E-state index in [2.05, 4.69) is 25.2 Å². The highest BCUT2D eigenvalue weighted by atomic mass is 16.3. The van der Waals surface area contributed by atoms with Crippen LogP contribution in [0.1, 0.15) is 48.8 Å². The first-order valence-corrected chi connectivity index (χ1v) is 8.30. The van der Waals surface area contributed by atoms with Crippen LogP contribution in [0, 0.1) is 5.92 Å². The Kier molecular flexibility index (Phi) is 2.94. The molecule has 0 radical (unpaired) electrons. The SMILES string of the molecule is C[NH+]1CC[C@]23CCCC[C@H]2[C@H]1Cc1ccc(CO)cc13. The van der Waals surface area contributed by atoms with Crippen molar-refractivity contribution in [3.63, 3.8) is 0 Å². The Morgan fingerprint density at radius 2 is 2.20 bits per heavy atom. The maximum Gasteiger partial charge on any atom is 0.0950 e. The van der Waals surface area contributed by atoms with Crippen molar-refractivity contribution in [2.45, 2.75) is 56.6 Å². The summed E-state index contributed by atoms with van der Waals surface area (Å²) in [7, 11) is 2.40. The second kappa shape index (κ2) is 4.57. The third-order valence-corrected chi connectivity index (χ3v) is 6.52. The lowest BCUT2D eigenvalue weighted by molar-refractivity contribution is -0.919. The van der Waals surface area contributed by atoms with Crippen molar-refractivity contribution in [3.8, 4) is 0 Å². The van der Waals surface area contributed by atoms with Crippen molar-refractivity contribution in [3.05, 3.63) is 34.9 Å². The van der Waals surface area contributed by atoms with Gasteiger partial charge in [-0.2, -0.15) is 0 Å². The number of nitrogens with one attached hydrogen (secondary N) is 1. The summed E-state index contributed by atoms with van der Waals surface area (Å²) in [6.07, 6.45) is 8.21. The average molecular weight is 272 g/mol. The summed E-state index contributed by atoms with van der Waals surface area (Å²) >= 11 is 0. The Hall–Kier alpha value is -0.860. The van der Waals surface area contributed by atoms with Crippen molar-refractivity contribution in [2.75, 3.05) is 13.6 Å². The molecule has 108 valence electrons. The Balaban J connectivity index is 1.88. The molecule has 0 amide bonds. The number of likely N-dealkylation sites (N-methyl/N-ethyl adjacent to an activating group) is 1. The second-order valence-corrected chi connectivity index (χ2v) is 7.31. The van der Waals surface area contributed by atoms with Gasteiger partial charge in [0.25, 0.3) is 0 Å². The van der Waals surface area contributed by atoms with Gasteiger partial charge >= 0.3 is 0 Å². The zero-order valence-electron chi connectivity index (χ0n) is 12.5. The first-order valence-electron chi connectivity index (χ1n) is 8.30. The predicted molar refractivity (Wildman–Crippen MR) is 79.9 cm³/mol. The van der Waals surface area contributed by atoms with E-state index in [4.69, 9.17) is 0 Å². The molecule has 2 nitrogen and oxygen atoms in total. The average Bonchev–Trinajstić information content (AvgIpc) is 2.50. The van der Waals surface area contributed by atoms with Gasteiger partial charge in [0.2, 0.25) is 0 Å². The summed E-state index contributed by atoms with van der Waals surface area (Å²) in [5.41, 5.74) is 4.73. The fraction of sp³-hybridized carbons (Fsp3) is 0.667. The number of hydrogen-bond donors (Lipinski definition) is 2. The van der Waals surface area contributed by atoms with Crippen LogP contribution in [0.5, 0.6) is 0 Å². The van der Waals surface area contributed by atoms with E-state index in [9.17, 15) is 5.11 Å².